The van der Waals surface area contributed by atoms with Crippen LogP contribution in [0.25, 0.3) is 0 Å². The van der Waals surface area contributed by atoms with E-state index in [0.717, 1.165) is 28.9 Å². The minimum Gasteiger partial charge on any atom is -0.495 e. The maximum atomic E-state index is 12.5. The Hall–Kier alpha value is -3.08. The molecule has 0 unspecified atom stereocenters. The molecule has 2 aromatic rings. The lowest BCUT2D eigenvalue weighted by Crippen LogP contribution is -2.13. The summed E-state index contributed by atoms with van der Waals surface area (Å²) in [5.41, 5.74) is 4.80. The van der Waals surface area contributed by atoms with Crippen LogP contribution in [-0.2, 0) is 4.79 Å². The summed E-state index contributed by atoms with van der Waals surface area (Å²) in [5, 5.41) is 6.20. The summed E-state index contributed by atoms with van der Waals surface area (Å²) >= 11 is 0. The van der Waals surface area contributed by atoms with Crippen molar-refractivity contribution in [2.45, 2.75) is 26.7 Å². The van der Waals surface area contributed by atoms with Gasteiger partial charge in [-0.2, -0.15) is 0 Å². The van der Waals surface area contributed by atoms with Crippen molar-refractivity contribution in [3.05, 3.63) is 64.9 Å². The Kier molecular flexibility index (Phi) is 5.07. The molecule has 3 rings (SSSR count). The maximum Gasteiger partial charge on any atom is 0.255 e. The van der Waals surface area contributed by atoms with Crippen molar-refractivity contribution in [2.24, 2.45) is 0 Å². The van der Waals surface area contributed by atoms with Crippen molar-refractivity contribution in [2.75, 3.05) is 17.7 Å². The highest BCUT2D eigenvalue weighted by atomic mass is 16.5. The number of benzene rings is 2. The molecule has 0 radical (unpaired) electrons. The molecular weight excluding hydrogens is 328 g/mol. The fourth-order valence-corrected chi connectivity index (χ4v) is 2.99. The summed E-state index contributed by atoms with van der Waals surface area (Å²) in [4.78, 5) is 24.2. The van der Waals surface area contributed by atoms with E-state index in [0.29, 0.717) is 23.4 Å². The Morgan fingerprint density at radius 1 is 1.04 bits per heavy atom. The molecule has 0 saturated heterocycles. The van der Waals surface area contributed by atoms with Crippen LogP contribution in [-0.4, -0.2) is 18.8 Å². The molecule has 1 amide bonds. The summed E-state index contributed by atoms with van der Waals surface area (Å²) in [5.74, 6) is 0.609. The number of anilines is 2. The van der Waals surface area contributed by atoms with E-state index in [1.54, 1.807) is 25.3 Å². The first-order valence-electron chi connectivity index (χ1n) is 8.54. The third-order valence-corrected chi connectivity index (χ3v) is 4.60. The number of Topliss-reactive ketones (excluding diaryl/α,β-unsaturated/α-hetero) is 1. The lowest BCUT2D eigenvalue weighted by Gasteiger charge is -2.13. The molecule has 0 heterocycles. The second-order valence-electron chi connectivity index (χ2n) is 6.34. The highest BCUT2D eigenvalue weighted by Gasteiger charge is 2.19. The lowest BCUT2D eigenvalue weighted by atomic mass is 10.1. The zero-order valence-electron chi connectivity index (χ0n) is 15.2. The van der Waals surface area contributed by atoms with Gasteiger partial charge in [-0.25, -0.2) is 0 Å². The van der Waals surface area contributed by atoms with Crippen LogP contribution in [0.15, 0.2) is 53.7 Å². The van der Waals surface area contributed by atoms with Gasteiger partial charge in [0.05, 0.1) is 12.8 Å². The molecule has 1 aliphatic rings. The molecule has 0 bridgehead atoms. The molecule has 0 atom stereocenters. The summed E-state index contributed by atoms with van der Waals surface area (Å²) in [6, 6.07) is 12.8. The van der Waals surface area contributed by atoms with Gasteiger partial charge in [0.15, 0.2) is 5.78 Å². The van der Waals surface area contributed by atoms with Gasteiger partial charge in [0.2, 0.25) is 0 Å². The van der Waals surface area contributed by atoms with Crippen LogP contribution in [0.2, 0.25) is 0 Å². The molecule has 0 aliphatic heterocycles. The molecular formula is C21H22N2O3. The van der Waals surface area contributed by atoms with E-state index < -0.39 is 0 Å². The van der Waals surface area contributed by atoms with Crippen molar-refractivity contribution >= 4 is 23.1 Å². The number of allylic oxidation sites excluding steroid dienone is 2. The first-order chi connectivity index (χ1) is 12.5. The maximum absolute atomic E-state index is 12.5. The summed E-state index contributed by atoms with van der Waals surface area (Å²) in [7, 11) is 1.57. The topological polar surface area (TPSA) is 67.4 Å². The summed E-state index contributed by atoms with van der Waals surface area (Å²) < 4.78 is 5.26. The van der Waals surface area contributed by atoms with E-state index in [-0.39, 0.29) is 11.7 Å². The number of para-hydroxylation sites is 2. The summed E-state index contributed by atoms with van der Waals surface area (Å²) in [6.45, 7) is 3.79. The quantitative estimate of drug-likeness (QED) is 0.843. The highest BCUT2D eigenvalue weighted by Crippen LogP contribution is 2.27. The second kappa shape index (κ2) is 7.44. The Labute approximate surface area is 153 Å². The predicted molar refractivity (Wildman–Crippen MR) is 103 cm³/mol. The minimum absolute atomic E-state index is 0.193. The third kappa shape index (κ3) is 3.61. The van der Waals surface area contributed by atoms with Gasteiger partial charge in [-0.3, -0.25) is 9.59 Å². The van der Waals surface area contributed by atoms with Crippen LogP contribution in [0.1, 0.15) is 35.7 Å². The van der Waals surface area contributed by atoms with Crippen LogP contribution in [0.4, 0.5) is 11.4 Å². The average molecular weight is 350 g/mol. The van der Waals surface area contributed by atoms with E-state index in [1.807, 2.05) is 38.1 Å². The van der Waals surface area contributed by atoms with E-state index in [4.69, 9.17) is 4.74 Å². The number of hydrogen-bond donors (Lipinski definition) is 2. The Bertz CT molecular complexity index is 900. The second-order valence-corrected chi connectivity index (χ2v) is 6.34. The third-order valence-electron chi connectivity index (χ3n) is 4.60. The Balaban J connectivity index is 1.77. The molecule has 0 saturated carbocycles. The van der Waals surface area contributed by atoms with Crippen molar-refractivity contribution in [1.82, 2.24) is 0 Å². The number of ketones is 1. The molecule has 5 heteroatoms. The van der Waals surface area contributed by atoms with Gasteiger partial charge < -0.3 is 15.4 Å². The van der Waals surface area contributed by atoms with Crippen LogP contribution in [0.5, 0.6) is 5.75 Å². The number of hydrogen-bond acceptors (Lipinski definition) is 4. The molecule has 26 heavy (non-hydrogen) atoms. The Morgan fingerprint density at radius 3 is 2.46 bits per heavy atom. The van der Waals surface area contributed by atoms with Crippen LogP contribution in [0, 0.1) is 6.92 Å². The average Bonchev–Trinajstić information content (AvgIpc) is 2.95. The van der Waals surface area contributed by atoms with Crippen LogP contribution in [0.3, 0.4) is 0 Å². The number of rotatable bonds is 5. The van der Waals surface area contributed by atoms with E-state index >= 15 is 0 Å². The van der Waals surface area contributed by atoms with Gasteiger partial charge in [0.1, 0.15) is 5.75 Å². The first-order valence-corrected chi connectivity index (χ1v) is 8.54. The van der Waals surface area contributed by atoms with Gasteiger partial charge in [-0.1, -0.05) is 12.1 Å². The van der Waals surface area contributed by atoms with Gasteiger partial charge in [-0.15, -0.1) is 0 Å². The minimum atomic E-state index is -0.199. The van der Waals surface area contributed by atoms with E-state index in [9.17, 15) is 9.59 Å². The summed E-state index contributed by atoms with van der Waals surface area (Å²) in [6.07, 6.45) is 1.30. The van der Waals surface area contributed by atoms with Gasteiger partial charge in [0, 0.05) is 28.9 Å². The van der Waals surface area contributed by atoms with Crippen LogP contribution >= 0.6 is 0 Å². The lowest BCUT2D eigenvalue weighted by molar-refractivity contribution is -0.114. The van der Waals surface area contributed by atoms with Crippen molar-refractivity contribution in [1.29, 1.82) is 0 Å². The largest absolute Gasteiger partial charge is 0.495 e. The molecule has 0 spiro atoms. The molecule has 2 aromatic carbocycles. The molecule has 134 valence electrons. The molecule has 0 aromatic heterocycles. The number of amides is 1. The number of methoxy groups -OCH3 is 1. The first kappa shape index (κ1) is 17.7. The SMILES string of the molecule is COc1ccccc1NC(=O)c1ccc(NC2=C(C)C(=O)CC2)c(C)c1. The molecule has 2 N–H and O–H groups in total. The van der Waals surface area contributed by atoms with Crippen LogP contribution < -0.4 is 15.4 Å². The number of carbonyl (C=O) groups excluding carboxylic acids is 2. The smallest absolute Gasteiger partial charge is 0.255 e. The van der Waals surface area contributed by atoms with E-state index in [2.05, 4.69) is 10.6 Å². The molecule has 5 nitrogen and oxygen atoms in total. The Morgan fingerprint density at radius 2 is 1.81 bits per heavy atom. The fraction of sp³-hybridized carbons (Fsp3) is 0.238. The fourth-order valence-electron chi connectivity index (χ4n) is 2.99. The van der Waals surface area contributed by atoms with Crippen molar-refractivity contribution in [3.63, 3.8) is 0 Å². The normalized spacial score (nSPS) is 13.7. The molecule has 1 aliphatic carbocycles. The van der Waals surface area contributed by atoms with Crippen molar-refractivity contribution < 1.29 is 14.3 Å². The predicted octanol–water partition coefficient (Wildman–Crippen LogP) is 4.30. The van der Waals surface area contributed by atoms with E-state index in [1.165, 1.54) is 0 Å². The van der Waals surface area contributed by atoms with Gasteiger partial charge >= 0.3 is 0 Å². The number of ether oxygens (including phenoxy) is 1. The molecule has 0 fully saturated rings. The zero-order valence-corrected chi connectivity index (χ0v) is 15.2. The van der Waals surface area contributed by atoms with Gasteiger partial charge in [-0.05, 0) is 56.2 Å². The number of nitrogens with one attached hydrogen (secondary N) is 2. The number of carbonyl (C=O) groups is 2. The van der Waals surface area contributed by atoms with Crippen molar-refractivity contribution in [3.8, 4) is 5.75 Å². The number of aryl methyl sites for hydroxylation is 1. The standard InChI is InChI=1S/C21H22N2O3/c1-13-12-15(21(25)23-18-6-4-5-7-20(18)26-3)8-9-16(13)22-17-10-11-19(24)14(17)2/h4-9,12,22H,10-11H2,1-3H3,(H,23,25). The monoisotopic (exact) mass is 350 g/mol. The zero-order chi connectivity index (χ0) is 18.7. The highest BCUT2D eigenvalue weighted by molar-refractivity contribution is 6.05. The van der Waals surface area contributed by atoms with Gasteiger partial charge in [0.25, 0.3) is 5.91 Å².